The van der Waals surface area contributed by atoms with Gasteiger partial charge in [-0.05, 0) is 31.8 Å². The van der Waals surface area contributed by atoms with Gasteiger partial charge in [0, 0.05) is 30.0 Å². The van der Waals surface area contributed by atoms with Gasteiger partial charge in [-0.3, -0.25) is 0 Å². The zero-order valence-corrected chi connectivity index (χ0v) is 12.0. The number of hydrogen-bond acceptors (Lipinski definition) is 3. The predicted octanol–water partition coefficient (Wildman–Crippen LogP) is 3.99. The summed E-state index contributed by atoms with van der Waals surface area (Å²) in [7, 11) is 0. The summed E-state index contributed by atoms with van der Waals surface area (Å²) in [6, 6.07) is 0. The van der Waals surface area contributed by atoms with Crippen LogP contribution in [0.25, 0.3) is 0 Å². The van der Waals surface area contributed by atoms with Crippen molar-refractivity contribution in [2.75, 3.05) is 13.1 Å². The predicted molar refractivity (Wildman–Crippen MR) is 79.4 cm³/mol. The van der Waals surface area contributed by atoms with Gasteiger partial charge in [0.25, 0.3) is 0 Å². The third kappa shape index (κ3) is 2.55. The first-order valence-corrected chi connectivity index (χ1v) is 8.30. The highest BCUT2D eigenvalue weighted by Crippen LogP contribution is 2.42. The van der Waals surface area contributed by atoms with Gasteiger partial charge in [-0.2, -0.15) is 0 Å². The van der Waals surface area contributed by atoms with Gasteiger partial charge in [0.1, 0.15) is 0 Å². The third-order valence-corrected chi connectivity index (χ3v) is 5.96. The lowest BCUT2D eigenvalue weighted by Gasteiger charge is -2.36. The van der Waals surface area contributed by atoms with Crippen LogP contribution in [0.4, 0.5) is 0 Å². The van der Waals surface area contributed by atoms with Crippen LogP contribution in [0.3, 0.4) is 0 Å². The summed E-state index contributed by atoms with van der Waals surface area (Å²) >= 11 is 7.47. The first-order chi connectivity index (χ1) is 8.34. The van der Waals surface area contributed by atoms with Gasteiger partial charge in [0.05, 0.1) is 4.20 Å². The minimum absolute atomic E-state index is 0.783. The van der Waals surface area contributed by atoms with Crippen molar-refractivity contribution in [3.05, 3.63) is 11.8 Å². The molecule has 0 aromatic carbocycles. The lowest BCUT2D eigenvalue weighted by Crippen LogP contribution is -2.33. The summed E-state index contributed by atoms with van der Waals surface area (Å²) in [5.41, 5.74) is 1.60. The van der Waals surface area contributed by atoms with Crippen LogP contribution < -0.4 is 0 Å². The highest BCUT2D eigenvalue weighted by atomic mass is 32.2. The molecule has 1 aliphatic carbocycles. The summed E-state index contributed by atoms with van der Waals surface area (Å²) in [6.07, 6.45) is 12.1. The molecule has 2 atom stereocenters. The van der Waals surface area contributed by atoms with Gasteiger partial charge in [0.15, 0.2) is 0 Å². The zero-order valence-electron chi connectivity index (χ0n) is 10.4. The number of rotatable bonds is 1. The van der Waals surface area contributed by atoms with Crippen LogP contribution in [0, 0.1) is 5.92 Å². The van der Waals surface area contributed by atoms with E-state index in [4.69, 9.17) is 12.2 Å². The molecule has 2 heterocycles. The fourth-order valence-corrected chi connectivity index (χ4v) is 5.17. The number of allylic oxidation sites excluding steroid dienone is 1. The van der Waals surface area contributed by atoms with Gasteiger partial charge in [0.2, 0.25) is 0 Å². The molecule has 2 unspecified atom stereocenters. The minimum atomic E-state index is 0.783. The molecule has 0 aromatic heterocycles. The Balaban J connectivity index is 1.84. The Kier molecular flexibility index (Phi) is 3.76. The van der Waals surface area contributed by atoms with Crippen LogP contribution in [-0.2, 0) is 0 Å². The fraction of sp³-hybridized carbons (Fsp3) is 0.786. The van der Waals surface area contributed by atoms with Gasteiger partial charge in [-0.15, -0.1) is 11.8 Å². The van der Waals surface area contributed by atoms with Crippen LogP contribution in [0.15, 0.2) is 11.8 Å². The Morgan fingerprint density at radius 3 is 2.65 bits per heavy atom. The molecule has 1 nitrogen and oxygen atoms in total. The van der Waals surface area contributed by atoms with Gasteiger partial charge < -0.3 is 4.90 Å². The second-order valence-electron chi connectivity index (χ2n) is 5.48. The van der Waals surface area contributed by atoms with Crippen LogP contribution in [0.2, 0.25) is 0 Å². The molecule has 3 heteroatoms. The summed E-state index contributed by atoms with van der Waals surface area (Å²) in [5.74, 6) is 0.798. The molecule has 94 valence electrons. The molecule has 0 spiro atoms. The van der Waals surface area contributed by atoms with Crippen molar-refractivity contribution in [3.8, 4) is 0 Å². The number of hydrogen-bond donors (Lipinski definition) is 0. The van der Waals surface area contributed by atoms with Gasteiger partial charge >= 0.3 is 0 Å². The second-order valence-corrected chi connectivity index (χ2v) is 7.46. The zero-order chi connectivity index (χ0) is 11.7. The maximum Gasteiger partial charge on any atom is 0.0726 e. The summed E-state index contributed by atoms with van der Waals surface area (Å²) in [4.78, 5) is 2.62. The van der Waals surface area contributed by atoms with E-state index in [-0.39, 0.29) is 0 Å². The molecule has 0 amide bonds. The molecule has 1 saturated carbocycles. The van der Waals surface area contributed by atoms with E-state index in [1.54, 1.807) is 5.70 Å². The van der Waals surface area contributed by atoms with E-state index in [2.05, 4.69) is 11.0 Å². The Morgan fingerprint density at radius 1 is 1.06 bits per heavy atom. The highest BCUT2D eigenvalue weighted by molar-refractivity contribution is 8.24. The van der Waals surface area contributed by atoms with Crippen LogP contribution in [0.5, 0.6) is 0 Å². The van der Waals surface area contributed by atoms with Crippen molar-refractivity contribution in [1.29, 1.82) is 0 Å². The molecule has 0 N–H and O–H groups in total. The molecule has 1 saturated heterocycles. The summed E-state index contributed by atoms with van der Waals surface area (Å²) in [6.45, 7) is 2.53. The molecule has 3 aliphatic rings. The Hall–Kier alpha value is -0.0200. The van der Waals surface area contributed by atoms with Crippen molar-refractivity contribution >= 4 is 28.2 Å². The smallest absolute Gasteiger partial charge is 0.0726 e. The average molecular weight is 267 g/mol. The number of thiocarbonyl (C=S) groups is 1. The molecule has 3 rings (SSSR count). The number of thioether (sulfide) groups is 1. The molecule has 0 aromatic rings. The van der Waals surface area contributed by atoms with Crippen LogP contribution >= 0.6 is 24.0 Å². The standard InChI is InChI=1S/C14H21NS2/c16-14-10-12(15-8-4-5-9-15)11-6-2-1-3-7-13(11)17-14/h10-11,13H,1-9H2. The van der Waals surface area contributed by atoms with E-state index in [1.807, 2.05) is 11.8 Å². The lowest BCUT2D eigenvalue weighted by atomic mass is 9.94. The van der Waals surface area contributed by atoms with Gasteiger partial charge in [-0.25, -0.2) is 0 Å². The van der Waals surface area contributed by atoms with Crippen molar-refractivity contribution in [1.82, 2.24) is 4.90 Å². The topological polar surface area (TPSA) is 3.24 Å². The van der Waals surface area contributed by atoms with Crippen LogP contribution in [0.1, 0.15) is 44.9 Å². The summed E-state index contributed by atoms with van der Waals surface area (Å²) in [5, 5.41) is 0.783. The van der Waals surface area contributed by atoms with Crippen molar-refractivity contribution in [2.45, 2.75) is 50.2 Å². The number of fused-ring (bicyclic) bond motifs is 1. The molecule has 2 fully saturated rings. The average Bonchev–Trinajstić information content (AvgIpc) is 2.74. The van der Waals surface area contributed by atoms with E-state index < -0.39 is 0 Å². The maximum absolute atomic E-state index is 5.49. The SMILES string of the molecule is S=C1C=C(N2CCCC2)C2CCCCCC2S1. The highest BCUT2D eigenvalue weighted by Gasteiger charge is 2.34. The molecule has 17 heavy (non-hydrogen) atoms. The van der Waals surface area contributed by atoms with E-state index >= 15 is 0 Å². The third-order valence-electron chi connectivity index (χ3n) is 4.34. The van der Waals surface area contributed by atoms with E-state index in [0.29, 0.717) is 0 Å². The lowest BCUT2D eigenvalue weighted by molar-refractivity contribution is 0.345. The van der Waals surface area contributed by atoms with Crippen molar-refractivity contribution < 1.29 is 0 Å². The van der Waals surface area contributed by atoms with Gasteiger partial charge in [-0.1, -0.05) is 31.5 Å². The molecular weight excluding hydrogens is 246 g/mol. The fourth-order valence-electron chi connectivity index (χ4n) is 3.47. The summed E-state index contributed by atoms with van der Waals surface area (Å²) < 4.78 is 1.13. The first kappa shape index (κ1) is 12.0. The van der Waals surface area contributed by atoms with E-state index in [9.17, 15) is 0 Å². The molecule has 2 aliphatic heterocycles. The molecular formula is C14H21NS2. The number of nitrogens with zero attached hydrogens (tertiary/aromatic N) is 1. The Morgan fingerprint density at radius 2 is 1.82 bits per heavy atom. The van der Waals surface area contributed by atoms with Crippen LogP contribution in [-0.4, -0.2) is 27.4 Å². The normalized spacial score (nSPS) is 34.2. The monoisotopic (exact) mass is 267 g/mol. The Bertz CT molecular complexity index is 331. The minimum Gasteiger partial charge on any atom is -0.375 e. The van der Waals surface area contributed by atoms with Crippen molar-refractivity contribution in [2.24, 2.45) is 5.92 Å². The largest absolute Gasteiger partial charge is 0.375 e. The Labute approximate surface area is 114 Å². The number of likely N-dealkylation sites (tertiary alicyclic amines) is 1. The molecule has 0 bridgehead atoms. The quantitative estimate of drug-likeness (QED) is 0.661. The second kappa shape index (κ2) is 5.31. The first-order valence-electron chi connectivity index (χ1n) is 7.02. The van der Waals surface area contributed by atoms with E-state index in [1.165, 1.54) is 58.0 Å². The van der Waals surface area contributed by atoms with Crippen molar-refractivity contribution in [3.63, 3.8) is 0 Å². The maximum atomic E-state index is 5.49. The molecule has 0 radical (unpaired) electrons. The van der Waals surface area contributed by atoms with E-state index in [0.717, 1.165) is 15.4 Å².